The van der Waals surface area contributed by atoms with Crippen molar-refractivity contribution in [3.8, 4) is 11.1 Å². The van der Waals surface area contributed by atoms with Gasteiger partial charge in [0.2, 0.25) is 5.91 Å². The van der Waals surface area contributed by atoms with Crippen LogP contribution in [-0.4, -0.2) is 42.3 Å². The monoisotopic (exact) mass is 424 g/mol. The molecule has 0 bridgehead atoms. The molecule has 0 saturated carbocycles. The van der Waals surface area contributed by atoms with E-state index in [1.807, 2.05) is 36.4 Å². The van der Waals surface area contributed by atoms with Crippen LogP contribution in [0.3, 0.4) is 0 Å². The molecular weight excluding hydrogens is 396 g/mol. The zero-order valence-electron chi connectivity index (χ0n) is 18.0. The third-order valence-electron chi connectivity index (χ3n) is 5.44. The maximum atomic E-state index is 12.3. The number of hydrogen-bond acceptors (Lipinski definition) is 4. The number of fused-ring (bicyclic) bond motifs is 3. The predicted molar refractivity (Wildman–Crippen MR) is 117 cm³/mol. The molecule has 0 heterocycles. The van der Waals surface area contributed by atoms with Crippen LogP contribution in [0.4, 0.5) is 4.79 Å². The average molecular weight is 424 g/mol. The maximum absolute atomic E-state index is 12.3. The number of aliphatic carboxylic acids is 1. The van der Waals surface area contributed by atoms with Gasteiger partial charge in [0.15, 0.2) is 0 Å². The molecule has 1 unspecified atom stereocenters. The Balaban J connectivity index is 1.53. The number of carboxylic acids is 1. The van der Waals surface area contributed by atoms with Crippen LogP contribution in [0, 0.1) is 5.41 Å². The van der Waals surface area contributed by atoms with Crippen LogP contribution in [0.1, 0.15) is 44.2 Å². The molecule has 1 aliphatic rings. The van der Waals surface area contributed by atoms with E-state index in [1.165, 1.54) is 0 Å². The molecule has 3 N–H and O–H groups in total. The highest BCUT2D eigenvalue weighted by molar-refractivity contribution is 5.85. The fraction of sp³-hybridized carbons (Fsp3) is 0.375. The summed E-state index contributed by atoms with van der Waals surface area (Å²) in [4.78, 5) is 35.5. The third kappa shape index (κ3) is 5.42. The highest BCUT2D eigenvalue weighted by Crippen LogP contribution is 2.44. The van der Waals surface area contributed by atoms with Crippen molar-refractivity contribution < 1.29 is 24.2 Å². The van der Waals surface area contributed by atoms with E-state index in [0.717, 1.165) is 22.3 Å². The second kappa shape index (κ2) is 9.20. The first-order chi connectivity index (χ1) is 14.7. The third-order valence-corrected chi connectivity index (χ3v) is 5.44. The van der Waals surface area contributed by atoms with Crippen LogP contribution in [0.25, 0.3) is 11.1 Å². The number of nitrogens with one attached hydrogen (secondary N) is 2. The van der Waals surface area contributed by atoms with Gasteiger partial charge >= 0.3 is 12.1 Å². The lowest BCUT2D eigenvalue weighted by molar-refractivity contribution is -0.139. The molecule has 0 aromatic heterocycles. The number of rotatable bonds is 8. The van der Waals surface area contributed by atoms with Crippen LogP contribution in [0.2, 0.25) is 0 Å². The number of carbonyl (C=O) groups is 3. The van der Waals surface area contributed by atoms with E-state index >= 15 is 0 Å². The van der Waals surface area contributed by atoms with Crippen molar-refractivity contribution in [2.45, 2.75) is 39.2 Å². The standard InChI is InChI=1S/C24H28N2O5/c1-15(22(29)25-14-24(2,3)12-21(27)28)26-23(30)31-13-20-18-10-6-4-8-16(18)17-9-5-7-11-19(17)20/h4-11,15,20H,12-14H2,1-3H3,(H,25,29)(H,26,30)(H,27,28). The second-order valence-electron chi connectivity index (χ2n) is 8.64. The fourth-order valence-corrected chi connectivity index (χ4v) is 3.83. The first-order valence-corrected chi connectivity index (χ1v) is 10.3. The Labute approximate surface area is 181 Å². The van der Waals surface area contributed by atoms with E-state index in [0.29, 0.717) is 0 Å². The SMILES string of the molecule is CC(NC(=O)OCC1c2ccccc2-c2ccccc21)C(=O)NCC(C)(C)CC(=O)O. The van der Waals surface area contributed by atoms with Crippen LogP contribution in [0.5, 0.6) is 0 Å². The van der Waals surface area contributed by atoms with Crippen molar-refractivity contribution in [1.82, 2.24) is 10.6 Å². The molecule has 164 valence electrons. The Morgan fingerprint density at radius 1 is 1.03 bits per heavy atom. The molecule has 0 aliphatic heterocycles. The molecule has 7 nitrogen and oxygen atoms in total. The summed E-state index contributed by atoms with van der Waals surface area (Å²) in [6.45, 7) is 5.42. The Morgan fingerprint density at radius 3 is 2.13 bits per heavy atom. The van der Waals surface area contributed by atoms with E-state index in [9.17, 15) is 14.4 Å². The van der Waals surface area contributed by atoms with Gasteiger partial charge in [-0.1, -0.05) is 62.4 Å². The summed E-state index contributed by atoms with van der Waals surface area (Å²) in [5.74, 6) is -1.38. The molecule has 1 atom stereocenters. The first-order valence-electron chi connectivity index (χ1n) is 10.3. The minimum atomic E-state index is -0.927. The summed E-state index contributed by atoms with van der Waals surface area (Å²) >= 11 is 0. The van der Waals surface area contributed by atoms with Gasteiger partial charge in [-0.05, 0) is 34.6 Å². The van der Waals surface area contributed by atoms with Gasteiger partial charge in [-0.2, -0.15) is 0 Å². The lowest BCUT2D eigenvalue weighted by atomic mass is 9.89. The van der Waals surface area contributed by atoms with Gasteiger partial charge in [0.25, 0.3) is 0 Å². The number of alkyl carbamates (subject to hydrolysis) is 1. The molecule has 1 aliphatic carbocycles. The molecule has 2 amide bonds. The van der Waals surface area contributed by atoms with Crippen molar-refractivity contribution in [2.24, 2.45) is 5.41 Å². The highest BCUT2D eigenvalue weighted by Gasteiger charge is 2.29. The van der Waals surface area contributed by atoms with Crippen LogP contribution >= 0.6 is 0 Å². The summed E-state index contributed by atoms with van der Waals surface area (Å²) in [5, 5.41) is 14.2. The van der Waals surface area contributed by atoms with E-state index in [1.54, 1.807) is 20.8 Å². The summed E-state index contributed by atoms with van der Waals surface area (Å²) < 4.78 is 5.45. The number of amides is 2. The number of benzene rings is 2. The minimum Gasteiger partial charge on any atom is -0.481 e. The van der Waals surface area contributed by atoms with Gasteiger partial charge in [-0.15, -0.1) is 0 Å². The van der Waals surface area contributed by atoms with E-state index < -0.39 is 29.4 Å². The zero-order chi connectivity index (χ0) is 22.6. The van der Waals surface area contributed by atoms with Crippen molar-refractivity contribution in [2.75, 3.05) is 13.2 Å². The predicted octanol–water partition coefficient (Wildman–Crippen LogP) is 3.53. The largest absolute Gasteiger partial charge is 0.481 e. The van der Waals surface area contributed by atoms with Crippen molar-refractivity contribution in [3.63, 3.8) is 0 Å². The van der Waals surface area contributed by atoms with Gasteiger partial charge in [0.1, 0.15) is 12.6 Å². The van der Waals surface area contributed by atoms with E-state index in [-0.39, 0.29) is 25.5 Å². The zero-order valence-corrected chi connectivity index (χ0v) is 18.0. The van der Waals surface area contributed by atoms with Gasteiger partial charge < -0.3 is 20.5 Å². The van der Waals surface area contributed by atoms with Gasteiger partial charge in [0.05, 0.1) is 6.42 Å². The Morgan fingerprint density at radius 2 is 1.58 bits per heavy atom. The van der Waals surface area contributed by atoms with Crippen molar-refractivity contribution >= 4 is 18.0 Å². The molecule has 2 aromatic carbocycles. The summed E-state index contributed by atoms with van der Waals surface area (Å²) in [6, 6.07) is 15.3. The molecule has 7 heteroatoms. The summed E-state index contributed by atoms with van der Waals surface area (Å²) in [5.41, 5.74) is 3.92. The maximum Gasteiger partial charge on any atom is 0.407 e. The second-order valence-corrected chi connectivity index (χ2v) is 8.64. The van der Waals surface area contributed by atoms with Gasteiger partial charge in [-0.3, -0.25) is 9.59 Å². The Bertz CT molecular complexity index is 940. The smallest absolute Gasteiger partial charge is 0.407 e. The Hall–Kier alpha value is -3.35. The van der Waals surface area contributed by atoms with Crippen LogP contribution in [0.15, 0.2) is 48.5 Å². The molecule has 2 aromatic rings. The lowest BCUT2D eigenvalue weighted by Gasteiger charge is -2.24. The highest BCUT2D eigenvalue weighted by atomic mass is 16.5. The average Bonchev–Trinajstić information content (AvgIpc) is 3.03. The molecule has 0 spiro atoms. The number of carboxylic acid groups (broad SMARTS) is 1. The quantitative estimate of drug-likeness (QED) is 0.601. The molecule has 3 rings (SSSR count). The molecule has 0 radical (unpaired) electrons. The Kier molecular flexibility index (Phi) is 6.63. The van der Waals surface area contributed by atoms with Crippen molar-refractivity contribution in [3.05, 3.63) is 59.7 Å². The van der Waals surface area contributed by atoms with E-state index in [4.69, 9.17) is 9.84 Å². The summed E-state index contributed by atoms with van der Waals surface area (Å²) in [7, 11) is 0. The number of hydrogen-bond donors (Lipinski definition) is 3. The number of ether oxygens (including phenoxy) is 1. The topological polar surface area (TPSA) is 105 Å². The molecule has 0 saturated heterocycles. The normalized spacial score (nSPS) is 13.6. The molecule has 31 heavy (non-hydrogen) atoms. The van der Waals surface area contributed by atoms with Crippen LogP contribution in [-0.2, 0) is 14.3 Å². The van der Waals surface area contributed by atoms with Gasteiger partial charge in [-0.25, -0.2) is 4.79 Å². The van der Waals surface area contributed by atoms with E-state index in [2.05, 4.69) is 22.8 Å². The van der Waals surface area contributed by atoms with Gasteiger partial charge in [0, 0.05) is 12.5 Å². The number of carbonyl (C=O) groups excluding carboxylic acids is 2. The lowest BCUT2D eigenvalue weighted by Crippen LogP contribution is -2.47. The first kappa shape index (κ1) is 22.3. The molecular formula is C24H28N2O5. The molecule has 0 fully saturated rings. The summed E-state index contributed by atoms with van der Waals surface area (Å²) in [6.07, 6.45) is -0.740. The fourth-order valence-electron chi connectivity index (χ4n) is 3.83. The van der Waals surface area contributed by atoms with Crippen molar-refractivity contribution in [1.29, 1.82) is 0 Å². The minimum absolute atomic E-state index is 0.0564. The van der Waals surface area contributed by atoms with Crippen LogP contribution < -0.4 is 10.6 Å².